The fourth-order valence-corrected chi connectivity index (χ4v) is 7.01. The van der Waals surface area contributed by atoms with Crippen LogP contribution in [0.4, 0.5) is 0 Å². The van der Waals surface area contributed by atoms with E-state index in [1.54, 1.807) is 0 Å². The summed E-state index contributed by atoms with van der Waals surface area (Å²) in [7, 11) is 5.95. The molecule has 0 rings (SSSR count). The Kier molecular flexibility index (Phi) is 43.8. The Labute approximate surface area is 387 Å². The Balaban J connectivity index is 4.35. The van der Waals surface area contributed by atoms with Gasteiger partial charge in [-0.3, -0.25) is 9.59 Å². The third kappa shape index (κ3) is 47.0. The van der Waals surface area contributed by atoms with Crippen molar-refractivity contribution in [3.05, 3.63) is 48.6 Å². The second kappa shape index (κ2) is 45.8. The molecular formula is C54H98NO8+. The maximum absolute atomic E-state index is 12.8. The number of ether oxygens (including phenoxy) is 4. The quantitative estimate of drug-likeness (QED) is 0.0212. The summed E-state index contributed by atoms with van der Waals surface area (Å²) in [5, 5.41) is 9.67. The van der Waals surface area contributed by atoms with E-state index in [1.807, 2.05) is 21.1 Å². The number of quaternary nitrogens is 1. The Bertz CT molecular complexity index is 1170. The van der Waals surface area contributed by atoms with E-state index in [9.17, 15) is 19.5 Å². The number of allylic oxidation sites excluding steroid dienone is 8. The van der Waals surface area contributed by atoms with Crippen molar-refractivity contribution in [2.24, 2.45) is 0 Å². The molecule has 0 aromatic carbocycles. The first-order valence-corrected chi connectivity index (χ1v) is 25.8. The lowest BCUT2D eigenvalue weighted by Crippen LogP contribution is -2.40. The number of esters is 2. The summed E-state index contributed by atoms with van der Waals surface area (Å²) in [6, 6.07) is 0. The molecule has 0 saturated carbocycles. The van der Waals surface area contributed by atoms with Crippen molar-refractivity contribution < 1.29 is 42.9 Å². The highest BCUT2D eigenvalue weighted by Crippen LogP contribution is 2.14. The van der Waals surface area contributed by atoms with Crippen LogP contribution in [0.5, 0.6) is 0 Å². The molecule has 0 aliphatic carbocycles. The number of carbonyl (C=O) groups is 3. The maximum Gasteiger partial charge on any atom is 0.361 e. The van der Waals surface area contributed by atoms with Crippen molar-refractivity contribution in [2.45, 2.75) is 232 Å². The van der Waals surface area contributed by atoms with Crippen molar-refractivity contribution in [1.82, 2.24) is 0 Å². The second-order valence-corrected chi connectivity index (χ2v) is 18.5. The second-order valence-electron chi connectivity index (χ2n) is 18.5. The van der Waals surface area contributed by atoms with Gasteiger partial charge in [0.2, 0.25) is 0 Å². The lowest BCUT2D eigenvalue weighted by molar-refractivity contribution is -0.870. The highest BCUT2D eigenvalue weighted by molar-refractivity contribution is 5.71. The van der Waals surface area contributed by atoms with E-state index in [-0.39, 0.29) is 38.6 Å². The van der Waals surface area contributed by atoms with E-state index in [1.165, 1.54) is 109 Å². The molecule has 0 spiro atoms. The van der Waals surface area contributed by atoms with Gasteiger partial charge in [-0.1, -0.05) is 178 Å². The number of nitrogens with zero attached hydrogens (tertiary/aromatic N) is 1. The summed E-state index contributed by atoms with van der Waals surface area (Å²) in [5.74, 6) is -2.02. The van der Waals surface area contributed by atoms with Gasteiger partial charge in [-0.05, 0) is 77.0 Å². The molecule has 0 heterocycles. The molecule has 366 valence electrons. The monoisotopic (exact) mass is 889 g/mol. The molecular weight excluding hydrogens is 791 g/mol. The van der Waals surface area contributed by atoms with Crippen LogP contribution >= 0.6 is 0 Å². The Morgan fingerprint density at radius 1 is 0.476 bits per heavy atom. The molecule has 63 heavy (non-hydrogen) atoms. The first kappa shape index (κ1) is 60.2. The van der Waals surface area contributed by atoms with Gasteiger partial charge in [-0.2, -0.15) is 0 Å². The standard InChI is InChI=1S/C54H97NO8/c1-6-8-10-12-14-16-18-20-22-23-24-25-26-27-28-29-31-33-35-37-39-41-43-45-52(57)63-50(49-62-54(53(58)59)60-47-46-55(3,4)5)48-61-51(56)44-42-40-38-36-34-32-30-21-19-17-15-13-11-9-7-2/h18,20-21,23-24,26-27,30,50,54H,6-17,19,22,25,28-29,31-49H2,1-5H3/p+1/b20-18-,24-23-,27-26-,30-21-. The molecule has 2 atom stereocenters. The number of carbonyl (C=O) groups excluding carboxylic acids is 2. The van der Waals surface area contributed by atoms with Crippen LogP contribution in [0.3, 0.4) is 0 Å². The van der Waals surface area contributed by atoms with Crippen molar-refractivity contribution in [3.8, 4) is 0 Å². The Hall–Kier alpha value is -2.75. The van der Waals surface area contributed by atoms with Crippen LogP contribution in [0, 0.1) is 0 Å². The highest BCUT2D eigenvalue weighted by Gasteiger charge is 2.25. The molecule has 0 saturated heterocycles. The van der Waals surface area contributed by atoms with E-state index in [4.69, 9.17) is 18.9 Å². The minimum absolute atomic E-state index is 0.184. The summed E-state index contributed by atoms with van der Waals surface area (Å²) in [6.07, 6.45) is 51.7. The number of aliphatic carboxylic acids is 1. The van der Waals surface area contributed by atoms with Crippen LogP contribution < -0.4 is 0 Å². The molecule has 9 heteroatoms. The third-order valence-corrected chi connectivity index (χ3v) is 11.1. The first-order valence-electron chi connectivity index (χ1n) is 25.8. The molecule has 1 N–H and O–H groups in total. The van der Waals surface area contributed by atoms with Crippen molar-refractivity contribution in [2.75, 3.05) is 47.5 Å². The zero-order valence-electron chi connectivity index (χ0n) is 41.5. The summed E-state index contributed by atoms with van der Waals surface area (Å²) in [6.45, 7) is 4.84. The summed E-state index contributed by atoms with van der Waals surface area (Å²) < 4.78 is 22.8. The molecule has 0 aromatic heterocycles. The number of carboxylic acid groups (broad SMARTS) is 1. The van der Waals surface area contributed by atoms with Crippen LogP contribution in [0.2, 0.25) is 0 Å². The topological polar surface area (TPSA) is 108 Å². The lowest BCUT2D eigenvalue weighted by Gasteiger charge is -2.25. The Morgan fingerprint density at radius 3 is 1.29 bits per heavy atom. The van der Waals surface area contributed by atoms with Gasteiger partial charge in [0.05, 0.1) is 34.4 Å². The van der Waals surface area contributed by atoms with Gasteiger partial charge >= 0.3 is 17.9 Å². The predicted octanol–water partition coefficient (Wildman–Crippen LogP) is 14.3. The van der Waals surface area contributed by atoms with Gasteiger partial charge in [0.1, 0.15) is 13.2 Å². The molecule has 0 aliphatic rings. The number of carboxylic acids is 1. The number of likely N-dealkylation sites (N-methyl/N-ethyl adjacent to an activating group) is 1. The highest BCUT2D eigenvalue weighted by atomic mass is 16.7. The van der Waals surface area contributed by atoms with E-state index in [0.717, 1.165) is 77.0 Å². The van der Waals surface area contributed by atoms with Crippen molar-refractivity contribution in [1.29, 1.82) is 0 Å². The number of unbranched alkanes of at least 4 members (excludes halogenated alkanes) is 24. The molecule has 0 bridgehead atoms. The lowest BCUT2D eigenvalue weighted by atomic mass is 10.1. The average molecular weight is 889 g/mol. The zero-order valence-corrected chi connectivity index (χ0v) is 41.5. The Morgan fingerprint density at radius 2 is 0.857 bits per heavy atom. The van der Waals surface area contributed by atoms with Crippen LogP contribution in [0.25, 0.3) is 0 Å². The number of hydrogen-bond donors (Lipinski definition) is 1. The van der Waals surface area contributed by atoms with Gasteiger partial charge in [-0.15, -0.1) is 0 Å². The van der Waals surface area contributed by atoms with Crippen LogP contribution in [-0.2, 0) is 33.3 Å². The molecule has 0 amide bonds. The van der Waals surface area contributed by atoms with Crippen molar-refractivity contribution >= 4 is 17.9 Å². The van der Waals surface area contributed by atoms with Crippen LogP contribution in [-0.4, -0.2) is 87.4 Å². The number of rotatable bonds is 47. The number of hydrogen-bond acceptors (Lipinski definition) is 7. The van der Waals surface area contributed by atoms with E-state index in [2.05, 4.69) is 62.5 Å². The molecule has 2 unspecified atom stereocenters. The molecule has 0 aromatic rings. The van der Waals surface area contributed by atoms with Crippen LogP contribution in [0.1, 0.15) is 219 Å². The normalized spacial score (nSPS) is 13.2. The molecule has 0 aliphatic heterocycles. The minimum atomic E-state index is -1.51. The van der Waals surface area contributed by atoms with E-state index in [0.29, 0.717) is 17.4 Å². The van der Waals surface area contributed by atoms with Gasteiger partial charge in [0, 0.05) is 12.8 Å². The molecule has 9 nitrogen and oxygen atoms in total. The van der Waals surface area contributed by atoms with Gasteiger partial charge in [0.25, 0.3) is 6.29 Å². The minimum Gasteiger partial charge on any atom is -0.477 e. The summed E-state index contributed by atoms with van der Waals surface area (Å²) in [4.78, 5) is 37.3. The summed E-state index contributed by atoms with van der Waals surface area (Å²) in [5.41, 5.74) is 0. The fourth-order valence-electron chi connectivity index (χ4n) is 7.01. The van der Waals surface area contributed by atoms with Gasteiger partial charge in [-0.25, -0.2) is 4.79 Å². The largest absolute Gasteiger partial charge is 0.477 e. The van der Waals surface area contributed by atoms with Gasteiger partial charge < -0.3 is 28.5 Å². The average Bonchev–Trinajstić information content (AvgIpc) is 3.24. The smallest absolute Gasteiger partial charge is 0.361 e. The first-order chi connectivity index (χ1) is 30.6. The zero-order chi connectivity index (χ0) is 46.3. The molecule has 0 fully saturated rings. The van der Waals surface area contributed by atoms with E-state index >= 15 is 0 Å². The van der Waals surface area contributed by atoms with Crippen molar-refractivity contribution in [3.63, 3.8) is 0 Å². The van der Waals surface area contributed by atoms with Gasteiger partial charge in [0.15, 0.2) is 6.10 Å². The van der Waals surface area contributed by atoms with E-state index < -0.39 is 24.3 Å². The summed E-state index contributed by atoms with van der Waals surface area (Å²) >= 11 is 0. The van der Waals surface area contributed by atoms with Crippen LogP contribution in [0.15, 0.2) is 48.6 Å². The third-order valence-electron chi connectivity index (χ3n) is 11.1. The maximum atomic E-state index is 12.8. The fraction of sp³-hybridized carbons (Fsp3) is 0.796. The molecule has 0 radical (unpaired) electrons. The SMILES string of the molecule is CCCCCCC/C=C\C/C=C\C/C=C\CCCCCCCCCCC(=O)OC(COC(=O)CCCCCCC/C=C\CCCCCCCC)COC(OCC[N+](C)(C)C)C(=O)O. The predicted molar refractivity (Wildman–Crippen MR) is 263 cm³/mol.